The van der Waals surface area contributed by atoms with Crippen LogP contribution in [0.3, 0.4) is 0 Å². The number of hydrogen-bond acceptors (Lipinski definition) is 7. The number of nitrogens with zero attached hydrogens (tertiary/aromatic N) is 4. The SMILES string of the molecule is CCC(C)C(=O)OCCN(CC)c1ccc(N=Nc2sc3cc(OC)ccc3[n+]2C)cc1. The summed E-state index contributed by atoms with van der Waals surface area (Å²) in [6.07, 6.45) is 0.792. The minimum atomic E-state index is -0.132. The Bertz CT molecular complexity index is 1080. The summed E-state index contributed by atoms with van der Waals surface area (Å²) in [5.41, 5.74) is 2.93. The van der Waals surface area contributed by atoms with Crippen LogP contribution in [0.4, 0.5) is 16.5 Å². The summed E-state index contributed by atoms with van der Waals surface area (Å²) >= 11 is 1.57. The Hall–Kier alpha value is -3.00. The van der Waals surface area contributed by atoms with Crippen LogP contribution in [0.15, 0.2) is 52.7 Å². The van der Waals surface area contributed by atoms with Crippen molar-refractivity contribution in [3.8, 4) is 5.75 Å². The van der Waals surface area contributed by atoms with Crippen molar-refractivity contribution in [2.24, 2.45) is 23.2 Å². The lowest BCUT2D eigenvalue weighted by Gasteiger charge is -2.23. The minimum Gasteiger partial charge on any atom is -0.497 e. The van der Waals surface area contributed by atoms with Crippen molar-refractivity contribution < 1.29 is 18.8 Å². The fourth-order valence-corrected chi connectivity index (χ4v) is 4.20. The van der Waals surface area contributed by atoms with Crippen LogP contribution in [0.1, 0.15) is 27.2 Å². The van der Waals surface area contributed by atoms with Gasteiger partial charge in [-0.2, -0.15) is 0 Å². The Labute approximate surface area is 193 Å². The fourth-order valence-electron chi connectivity index (χ4n) is 3.20. The van der Waals surface area contributed by atoms with Crippen molar-refractivity contribution >= 4 is 44.0 Å². The molecule has 1 unspecified atom stereocenters. The van der Waals surface area contributed by atoms with Crippen molar-refractivity contribution in [3.05, 3.63) is 42.5 Å². The van der Waals surface area contributed by atoms with Gasteiger partial charge in [-0.25, -0.2) is 4.57 Å². The topological polar surface area (TPSA) is 67.4 Å². The number of fused-ring (bicyclic) bond motifs is 1. The van der Waals surface area contributed by atoms with Crippen LogP contribution in [0.2, 0.25) is 0 Å². The van der Waals surface area contributed by atoms with E-state index in [0.29, 0.717) is 13.2 Å². The molecule has 170 valence electrons. The van der Waals surface area contributed by atoms with Gasteiger partial charge in [-0.15, -0.1) is 0 Å². The molecule has 32 heavy (non-hydrogen) atoms. The summed E-state index contributed by atoms with van der Waals surface area (Å²) in [7, 11) is 3.65. The lowest BCUT2D eigenvalue weighted by atomic mass is 10.1. The molecule has 3 aromatic rings. The van der Waals surface area contributed by atoms with Gasteiger partial charge in [0.2, 0.25) is 0 Å². The summed E-state index contributed by atoms with van der Waals surface area (Å²) in [4.78, 5) is 14.0. The molecule has 7 nitrogen and oxygen atoms in total. The molecule has 2 aromatic carbocycles. The average Bonchev–Trinajstić information content (AvgIpc) is 3.14. The number of methoxy groups -OCH3 is 1. The van der Waals surface area contributed by atoms with Crippen LogP contribution in [0.5, 0.6) is 5.75 Å². The normalized spacial score (nSPS) is 12.3. The number of carbonyl (C=O) groups excluding carboxylic acids is 1. The van der Waals surface area contributed by atoms with Gasteiger partial charge >= 0.3 is 11.1 Å². The Morgan fingerprint density at radius 3 is 2.56 bits per heavy atom. The molecule has 0 saturated carbocycles. The number of aryl methyl sites for hydroxylation is 1. The Morgan fingerprint density at radius 2 is 1.91 bits per heavy atom. The third-order valence-corrected chi connectivity index (χ3v) is 6.57. The van der Waals surface area contributed by atoms with E-state index < -0.39 is 0 Å². The number of rotatable bonds is 10. The molecule has 1 atom stereocenters. The molecule has 0 fully saturated rings. The highest BCUT2D eigenvalue weighted by molar-refractivity contribution is 7.21. The van der Waals surface area contributed by atoms with Gasteiger partial charge in [-0.3, -0.25) is 4.79 Å². The minimum absolute atomic E-state index is 0.0560. The van der Waals surface area contributed by atoms with E-state index in [0.717, 1.165) is 45.4 Å². The van der Waals surface area contributed by atoms with Crippen LogP contribution in [0, 0.1) is 5.92 Å². The predicted molar refractivity (Wildman–Crippen MR) is 128 cm³/mol. The molecule has 0 aliphatic carbocycles. The summed E-state index contributed by atoms with van der Waals surface area (Å²) in [6.45, 7) is 7.82. The number of anilines is 1. The van der Waals surface area contributed by atoms with E-state index in [4.69, 9.17) is 9.47 Å². The highest BCUT2D eigenvalue weighted by Gasteiger charge is 2.17. The van der Waals surface area contributed by atoms with E-state index in [-0.39, 0.29) is 11.9 Å². The fraction of sp³-hybridized carbons (Fsp3) is 0.417. The third-order valence-electron chi connectivity index (χ3n) is 5.48. The maximum absolute atomic E-state index is 11.9. The molecule has 0 amide bonds. The molecule has 0 saturated heterocycles. The number of carbonyl (C=O) groups is 1. The van der Waals surface area contributed by atoms with Crippen LogP contribution in [-0.2, 0) is 16.6 Å². The molecular weight excluding hydrogens is 424 g/mol. The molecule has 0 aliphatic rings. The monoisotopic (exact) mass is 455 g/mol. The predicted octanol–water partition coefficient (Wildman–Crippen LogP) is 5.57. The van der Waals surface area contributed by atoms with E-state index in [1.165, 1.54) is 0 Å². The number of ether oxygens (including phenoxy) is 2. The third kappa shape index (κ3) is 5.62. The maximum Gasteiger partial charge on any atom is 0.409 e. The largest absolute Gasteiger partial charge is 0.497 e. The first-order valence-corrected chi connectivity index (χ1v) is 11.7. The molecule has 0 radical (unpaired) electrons. The van der Waals surface area contributed by atoms with Crippen LogP contribution in [0.25, 0.3) is 10.2 Å². The molecule has 1 aromatic heterocycles. The van der Waals surface area contributed by atoms with Crippen LogP contribution in [-0.4, -0.2) is 32.8 Å². The van der Waals surface area contributed by atoms with Gasteiger partial charge in [0.15, 0.2) is 0 Å². The van der Waals surface area contributed by atoms with Crippen molar-refractivity contribution in [1.29, 1.82) is 0 Å². The summed E-state index contributed by atoms with van der Waals surface area (Å²) in [5, 5.41) is 9.68. The second-order valence-corrected chi connectivity index (χ2v) is 8.56. The average molecular weight is 456 g/mol. The molecule has 0 N–H and O–H groups in total. The number of benzene rings is 2. The first kappa shape index (κ1) is 23.7. The summed E-state index contributed by atoms with van der Waals surface area (Å²) < 4.78 is 13.8. The van der Waals surface area contributed by atoms with E-state index >= 15 is 0 Å². The number of azo groups is 1. The Morgan fingerprint density at radius 1 is 1.16 bits per heavy atom. The highest BCUT2D eigenvalue weighted by Crippen LogP contribution is 2.30. The molecular formula is C24H31N4O3S+. The van der Waals surface area contributed by atoms with Gasteiger partial charge in [0, 0.05) is 18.3 Å². The molecule has 0 spiro atoms. The standard InChI is InChI=1S/C24H31N4O3S/c1-6-17(3)23(29)31-15-14-28(7-2)19-10-8-18(9-11-19)25-26-24-27(4)21-13-12-20(30-5)16-22(21)32-24/h8-13,16-17H,6-7,14-15H2,1-5H3/q+1. The first-order valence-electron chi connectivity index (χ1n) is 10.9. The number of aromatic nitrogens is 1. The summed E-state index contributed by atoms with van der Waals surface area (Å²) in [6, 6.07) is 13.9. The van der Waals surface area contributed by atoms with E-state index in [9.17, 15) is 4.79 Å². The van der Waals surface area contributed by atoms with Gasteiger partial charge in [-0.05, 0) is 66.2 Å². The lowest BCUT2D eigenvalue weighted by Crippen LogP contribution is -2.28. The second-order valence-electron chi connectivity index (χ2n) is 7.55. The van der Waals surface area contributed by atoms with Gasteiger partial charge in [-0.1, -0.05) is 13.8 Å². The first-order chi connectivity index (χ1) is 15.5. The molecule has 1 heterocycles. The van der Waals surface area contributed by atoms with E-state index in [2.05, 4.69) is 22.1 Å². The zero-order valence-electron chi connectivity index (χ0n) is 19.4. The second kappa shape index (κ2) is 11.0. The smallest absolute Gasteiger partial charge is 0.409 e. The highest BCUT2D eigenvalue weighted by atomic mass is 32.1. The molecule has 0 bridgehead atoms. The van der Waals surface area contributed by atoms with E-state index in [1.807, 2.05) is 67.9 Å². The van der Waals surface area contributed by atoms with Gasteiger partial charge in [0.25, 0.3) is 0 Å². The van der Waals surface area contributed by atoms with Crippen LogP contribution < -0.4 is 14.2 Å². The Kier molecular flexibility index (Phi) is 8.16. The lowest BCUT2D eigenvalue weighted by molar-refractivity contribution is -0.627. The number of hydrogen-bond donors (Lipinski definition) is 0. The number of esters is 1. The molecule has 8 heteroatoms. The van der Waals surface area contributed by atoms with Gasteiger partial charge < -0.3 is 14.4 Å². The van der Waals surface area contributed by atoms with Crippen molar-refractivity contribution in [1.82, 2.24) is 0 Å². The maximum atomic E-state index is 11.9. The zero-order chi connectivity index (χ0) is 23.1. The number of likely N-dealkylation sites (N-methyl/N-ethyl adjacent to an activating group) is 1. The molecule has 0 aliphatic heterocycles. The zero-order valence-corrected chi connectivity index (χ0v) is 20.2. The number of thiazole rings is 1. The van der Waals surface area contributed by atoms with Gasteiger partial charge in [0.05, 0.1) is 36.4 Å². The summed E-state index contributed by atoms with van der Waals surface area (Å²) in [5.74, 6) is 0.639. The van der Waals surface area contributed by atoms with Crippen LogP contribution >= 0.6 is 11.3 Å². The molecule has 3 rings (SSSR count). The van der Waals surface area contributed by atoms with Gasteiger partial charge in [0.1, 0.15) is 23.6 Å². The Balaban J connectivity index is 1.64. The van der Waals surface area contributed by atoms with E-state index in [1.54, 1.807) is 18.4 Å². The quantitative estimate of drug-likeness (QED) is 0.228. The van der Waals surface area contributed by atoms with Crippen molar-refractivity contribution in [3.63, 3.8) is 0 Å². The van der Waals surface area contributed by atoms with Crippen molar-refractivity contribution in [2.75, 3.05) is 31.7 Å². The van der Waals surface area contributed by atoms with Crippen molar-refractivity contribution in [2.45, 2.75) is 27.2 Å².